The molecule has 5 heteroatoms. The van der Waals surface area contributed by atoms with Crippen molar-refractivity contribution in [3.05, 3.63) is 16.8 Å². The van der Waals surface area contributed by atoms with E-state index >= 15 is 0 Å². The second kappa shape index (κ2) is 8.09. The second-order valence-electron chi connectivity index (χ2n) is 5.85. The molecule has 1 aromatic heterocycles. The summed E-state index contributed by atoms with van der Waals surface area (Å²) >= 11 is 0. The third-order valence-corrected chi connectivity index (χ3v) is 4.59. The third-order valence-electron chi connectivity index (χ3n) is 4.59. The lowest BCUT2D eigenvalue weighted by Gasteiger charge is -2.27. The van der Waals surface area contributed by atoms with Crippen LogP contribution < -0.4 is 5.32 Å². The first-order chi connectivity index (χ1) is 10.7. The van der Waals surface area contributed by atoms with Gasteiger partial charge in [-0.15, -0.1) is 5.10 Å². The third kappa shape index (κ3) is 3.56. The van der Waals surface area contributed by atoms with Crippen molar-refractivity contribution in [2.45, 2.75) is 58.9 Å². The Morgan fingerprint density at radius 1 is 1.18 bits per heavy atom. The molecule has 1 aliphatic rings. The lowest BCUT2D eigenvalue weighted by atomic mass is 10.0. The van der Waals surface area contributed by atoms with E-state index in [0.717, 1.165) is 37.1 Å². The molecule has 1 saturated heterocycles. The zero-order valence-corrected chi connectivity index (χ0v) is 14.0. The summed E-state index contributed by atoms with van der Waals surface area (Å²) in [4.78, 5) is 2.54. The van der Waals surface area contributed by atoms with Gasteiger partial charge in [0.1, 0.15) is 11.6 Å². The van der Waals surface area contributed by atoms with Crippen molar-refractivity contribution in [3.8, 4) is 6.07 Å². The van der Waals surface area contributed by atoms with Crippen molar-refractivity contribution in [2.75, 3.05) is 25.0 Å². The summed E-state index contributed by atoms with van der Waals surface area (Å²) in [6, 6.07) is 2.83. The molecule has 0 aromatic carbocycles. The molecule has 1 atom stereocenters. The molecule has 0 aliphatic carbocycles. The Labute approximate surface area is 133 Å². The number of hydrogen-bond donors (Lipinski definition) is 1. The van der Waals surface area contributed by atoms with Gasteiger partial charge in [0, 0.05) is 12.6 Å². The van der Waals surface area contributed by atoms with E-state index in [1.165, 1.54) is 25.9 Å². The van der Waals surface area contributed by atoms with Gasteiger partial charge in [0.15, 0.2) is 5.82 Å². The van der Waals surface area contributed by atoms with Crippen LogP contribution in [-0.4, -0.2) is 40.8 Å². The van der Waals surface area contributed by atoms with Gasteiger partial charge >= 0.3 is 0 Å². The Morgan fingerprint density at radius 2 is 1.91 bits per heavy atom. The van der Waals surface area contributed by atoms with Crippen molar-refractivity contribution >= 4 is 5.82 Å². The van der Waals surface area contributed by atoms with Crippen LogP contribution in [0.3, 0.4) is 0 Å². The monoisotopic (exact) mass is 301 g/mol. The molecule has 0 saturated carbocycles. The molecule has 0 spiro atoms. The van der Waals surface area contributed by atoms with E-state index in [1.807, 2.05) is 0 Å². The fourth-order valence-electron chi connectivity index (χ4n) is 3.27. The van der Waals surface area contributed by atoms with Crippen LogP contribution in [0, 0.1) is 11.3 Å². The Hall–Kier alpha value is -1.67. The number of likely N-dealkylation sites (tertiary alicyclic amines) is 1. The summed E-state index contributed by atoms with van der Waals surface area (Å²) < 4.78 is 0. The van der Waals surface area contributed by atoms with Crippen LogP contribution in [0.4, 0.5) is 5.82 Å². The lowest BCUT2D eigenvalue weighted by molar-refractivity contribution is 0.246. The van der Waals surface area contributed by atoms with Crippen molar-refractivity contribution in [1.29, 1.82) is 5.26 Å². The van der Waals surface area contributed by atoms with Crippen molar-refractivity contribution in [3.63, 3.8) is 0 Å². The highest BCUT2D eigenvalue weighted by molar-refractivity contribution is 5.56. The highest BCUT2D eigenvalue weighted by Gasteiger charge is 2.21. The van der Waals surface area contributed by atoms with Gasteiger partial charge in [-0.25, -0.2) is 0 Å². The summed E-state index contributed by atoms with van der Waals surface area (Å²) in [5, 5.41) is 21.5. The van der Waals surface area contributed by atoms with Gasteiger partial charge in [-0.2, -0.15) is 10.4 Å². The maximum Gasteiger partial charge on any atom is 0.167 e. The maximum atomic E-state index is 9.52. The molecular weight excluding hydrogens is 274 g/mol. The molecular formula is C17H27N5. The van der Waals surface area contributed by atoms with Crippen LogP contribution in [0.5, 0.6) is 0 Å². The van der Waals surface area contributed by atoms with E-state index in [0.29, 0.717) is 17.4 Å². The highest BCUT2D eigenvalue weighted by atomic mass is 15.2. The van der Waals surface area contributed by atoms with Crippen LogP contribution in [0.25, 0.3) is 0 Å². The number of aryl methyl sites for hydroxylation is 1. The van der Waals surface area contributed by atoms with E-state index in [4.69, 9.17) is 0 Å². The van der Waals surface area contributed by atoms with Crippen molar-refractivity contribution in [1.82, 2.24) is 15.1 Å². The van der Waals surface area contributed by atoms with Gasteiger partial charge < -0.3 is 5.32 Å². The van der Waals surface area contributed by atoms with Crippen molar-refractivity contribution in [2.24, 2.45) is 0 Å². The first-order valence-electron chi connectivity index (χ1n) is 8.51. The summed E-state index contributed by atoms with van der Waals surface area (Å²) in [6.45, 7) is 9.55. The van der Waals surface area contributed by atoms with Crippen LogP contribution in [-0.2, 0) is 12.8 Å². The number of aromatic nitrogens is 2. The Balaban J connectivity index is 2.13. The molecule has 1 unspecified atom stereocenters. The van der Waals surface area contributed by atoms with Crippen LogP contribution in [0.15, 0.2) is 0 Å². The predicted octanol–water partition coefficient (Wildman–Crippen LogP) is 2.76. The van der Waals surface area contributed by atoms with Crippen LogP contribution in [0.2, 0.25) is 0 Å². The minimum absolute atomic E-state index is 0.506. The normalized spacial score (nSPS) is 16.5. The number of nitrogens with one attached hydrogen (secondary N) is 1. The zero-order chi connectivity index (χ0) is 15.9. The Kier molecular flexibility index (Phi) is 6.14. The Morgan fingerprint density at radius 3 is 2.45 bits per heavy atom. The number of hydrogen-bond acceptors (Lipinski definition) is 5. The molecule has 0 amide bonds. The minimum atomic E-state index is 0.506. The first-order valence-corrected chi connectivity index (χ1v) is 8.51. The molecule has 1 N–H and O–H groups in total. The molecule has 2 heterocycles. The number of nitriles is 1. The minimum Gasteiger partial charge on any atom is -0.366 e. The Bertz CT molecular complexity index is 529. The van der Waals surface area contributed by atoms with Crippen molar-refractivity contribution < 1.29 is 0 Å². The molecule has 22 heavy (non-hydrogen) atoms. The fourth-order valence-corrected chi connectivity index (χ4v) is 3.27. The summed E-state index contributed by atoms with van der Waals surface area (Å²) in [5.74, 6) is 0.647. The summed E-state index contributed by atoms with van der Waals surface area (Å²) in [6.07, 6.45) is 5.34. The number of anilines is 1. The molecule has 0 radical (unpaired) electrons. The quantitative estimate of drug-likeness (QED) is 0.839. The first kappa shape index (κ1) is 16.7. The molecule has 120 valence electrons. The molecule has 2 rings (SSSR count). The molecule has 1 aromatic rings. The highest BCUT2D eigenvalue weighted by Crippen LogP contribution is 2.21. The van der Waals surface area contributed by atoms with Crippen LogP contribution in [0.1, 0.15) is 56.9 Å². The average Bonchev–Trinajstić information content (AvgIpc) is 3.08. The van der Waals surface area contributed by atoms with Gasteiger partial charge in [0.25, 0.3) is 0 Å². The smallest absolute Gasteiger partial charge is 0.167 e. The van der Waals surface area contributed by atoms with E-state index in [2.05, 4.69) is 47.3 Å². The predicted molar refractivity (Wildman–Crippen MR) is 88.9 cm³/mol. The maximum absolute atomic E-state index is 9.52. The molecule has 0 bridgehead atoms. The standard InChI is InChI=1S/C17H27N5/c1-4-13(22-9-7-8-10-22)12-19-17-15(11-18)14(5-2)16(6-3)20-21-17/h13H,4-10,12H2,1-3H3,(H,19,21). The van der Waals surface area contributed by atoms with Gasteiger partial charge in [-0.05, 0) is 50.8 Å². The molecule has 1 fully saturated rings. The zero-order valence-electron chi connectivity index (χ0n) is 14.0. The van der Waals surface area contributed by atoms with E-state index < -0.39 is 0 Å². The van der Waals surface area contributed by atoms with Gasteiger partial charge in [-0.1, -0.05) is 20.8 Å². The number of nitrogens with zero attached hydrogens (tertiary/aromatic N) is 4. The van der Waals surface area contributed by atoms with Gasteiger partial charge in [0.2, 0.25) is 0 Å². The largest absolute Gasteiger partial charge is 0.366 e. The van der Waals surface area contributed by atoms with Gasteiger partial charge in [0.05, 0.1) is 5.69 Å². The topological polar surface area (TPSA) is 64.8 Å². The number of rotatable bonds is 7. The van der Waals surface area contributed by atoms with E-state index in [-0.39, 0.29) is 0 Å². The fraction of sp³-hybridized carbons (Fsp3) is 0.706. The van der Waals surface area contributed by atoms with E-state index in [1.54, 1.807) is 0 Å². The van der Waals surface area contributed by atoms with Crippen LogP contribution >= 0.6 is 0 Å². The SMILES string of the molecule is CCc1nnc(NCC(CC)N2CCCC2)c(C#N)c1CC. The summed E-state index contributed by atoms with van der Waals surface area (Å²) in [7, 11) is 0. The average molecular weight is 301 g/mol. The lowest BCUT2D eigenvalue weighted by Crippen LogP contribution is -2.37. The summed E-state index contributed by atoms with van der Waals surface area (Å²) in [5.41, 5.74) is 2.65. The molecule has 5 nitrogen and oxygen atoms in total. The van der Waals surface area contributed by atoms with Gasteiger partial charge in [-0.3, -0.25) is 4.90 Å². The molecule has 1 aliphatic heterocycles. The van der Waals surface area contributed by atoms with E-state index in [9.17, 15) is 5.26 Å². The second-order valence-corrected chi connectivity index (χ2v) is 5.85.